The Hall–Kier alpha value is -1.51. The molecule has 1 saturated heterocycles. The zero-order valence-electron chi connectivity index (χ0n) is 12.4. The van der Waals surface area contributed by atoms with E-state index in [9.17, 15) is 0 Å². The van der Waals surface area contributed by atoms with E-state index in [0.717, 1.165) is 30.9 Å². The molecule has 1 N–H and O–H groups in total. The summed E-state index contributed by atoms with van der Waals surface area (Å²) < 4.78 is 0. The van der Waals surface area contributed by atoms with Crippen molar-refractivity contribution < 1.29 is 0 Å². The number of nitrogens with one attached hydrogen (secondary N) is 1. The molecule has 0 bridgehead atoms. The summed E-state index contributed by atoms with van der Waals surface area (Å²) in [4.78, 5) is 7.27. The molecule has 1 aliphatic carbocycles. The molecule has 1 aliphatic heterocycles. The first-order chi connectivity index (χ1) is 9.88. The molecule has 0 aromatic heterocycles. The SMILES string of the molecule is CCNC(=NCC1CC1c1ccccc1)N1CCCC1. The highest BCUT2D eigenvalue weighted by atomic mass is 15.3. The first-order valence-electron chi connectivity index (χ1n) is 7.96. The molecule has 1 aromatic rings. The standard InChI is InChI=1S/C17H25N3/c1-2-18-17(20-10-6-7-11-20)19-13-15-12-16(15)14-8-4-3-5-9-14/h3-5,8-9,15-16H,2,6-7,10-13H2,1H3,(H,18,19). The van der Waals surface area contributed by atoms with Crippen molar-refractivity contribution in [2.75, 3.05) is 26.2 Å². The molecule has 3 nitrogen and oxygen atoms in total. The Morgan fingerprint density at radius 2 is 2.00 bits per heavy atom. The van der Waals surface area contributed by atoms with Gasteiger partial charge in [-0.05, 0) is 43.6 Å². The smallest absolute Gasteiger partial charge is 0.193 e. The summed E-state index contributed by atoms with van der Waals surface area (Å²) in [6.07, 6.45) is 3.91. The maximum atomic E-state index is 4.86. The van der Waals surface area contributed by atoms with Crippen LogP contribution >= 0.6 is 0 Å². The molecular formula is C17H25N3. The highest BCUT2D eigenvalue weighted by Gasteiger charge is 2.37. The van der Waals surface area contributed by atoms with Gasteiger partial charge in [0.05, 0.1) is 0 Å². The van der Waals surface area contributed by atoms with Crippen LogP contribution in [0, 0.1) is 5.92 Å². The van der Waals surface area contributed by atoms with Gasteiger partial charge >= 0.3 is 0 Å². The summed E-state index contributed by atoms with van der Waals surface area (Å²) in [5.74, 6) is 2.61. The van der Waals surface area contributed by atoms with E-state index in [1.54, 1.807) is 0 Å². The van der Waals surface area contributed by atoms with Gasteiger partial charge in [-0.25, -0.2) is 0 Å². The van der Waals surface area contributed by atoms with Crippen molar-refractivity contribution in [2.45, 2.75) is 32.1 Å². The van der Waals surface area contributed by atoms with Gasteiger partial charge in [-0.15, -0.1) is 0 Å². The van der Waals surface area contributed by atoms with Gasteiger partial charge in [-0.1, -0.05) is 30.3 Å². The first kappa shape index (κ1) is 13.5. The Labute approximate surface area is 122 Å². The zero-order valence-corrected chi connectivity index (χ0v) is 12.4. The normalized spacial score (nSPS) is 25.9. The van der Waals surface area contributed by atoms with Crippen molar-refractivity contribution in [1.82, 2.24) is 10.2 Å². The third kappa shape index (κ3) is 3.14. The van der Waals surface area contributed by atoms with Gasteiger partial charge in [0.1, 0.15) is 0 Å². The van der Waals surface area contributed by atoms with Crippen LogP contribution in [0.1, 0.15) is 37.7 Å². The number of guanidine groups is 1. The van der Waals surface area contributed by atoms with E-state index in [1.165, 1.54) is 37.9 Å². The Balaban J connectivity index is 1.56. The van der Waals surface area contributed by atoms with Crippen molar-refractivity contribution in [3.63, 3.8) is 0 Å². The van der Waals surface area contributed by atoms with Crippen LogP contribution in [0.4, 0.5) is 0 Å². The number of hydrogen-bond acceptors (Lipinski definition) is 1. The van der Waals surface area contributed by atoms with E-state index in [1.807, 2.05) is 0 Å². The second-order valence-corrected chi connectivity index (χ2v) is 5.90. The lowest BCUT2D eigenvalue weighted by molar-refractivity contribution is 0.492. The summed E-state index contributed by atoms with van der Waals surface area (Å²) >= 11 is 0. The van der Waals surface area contributed by atoms with E-state index in [-0.39, 0.29) is 0 Å². The quantitative estimate of drug-likeness (QED) is 0.673. The average Bonchev–Trinajstić information content (AvgIpc) is 3.06. The molecule has 1 saturated carbocycles. The number of hydrogen-bond donors (Lipinski definition) is 1. The van der Waals surface area contributed by atoms with E-state index in [0.29, 0.717) is 0 Å². The van der Waals surface area contributed by atoms with E-state index < -0.39 is 0 Å². The van der Waals surface area contributed by atoms with Crippen LogP contribution in [0.15, 0.2) is 35.3 Å². The molecule has 108 valence electrons. The molecule has 0 spiro atoms. The molecule has 1 aromatic carbocycles. The number of benzene rings is 1. The molecule has 3 heteroatoms. The summed E-state index contributed by atoms with van der Waals surface area (Å²) in [6.45, 7) is 6.41. The molecule has 0 radical (unpaired) electrons. The minimum atomic E-state index is 0.737. The lowest BCUT2D eigenvalue weighted by atomic mass is 10.1. The molecule has 2 aliphatic rings. The fourth-order valence-corrected chi connectivity index (χ4v) is 3.12. The third-order valence-electron chi connectivity index (χ3n) is 4.37. The van der Waals surface area contributed by atoms with Crippen molar-refractivity contribution in [3.05, 3.63) is 35.9 Å². The van der Waals surface area contributed by atoms with E-state index >= 15 is 0 Å². The van der Waals surface area contributed by atoms with Gasteiger partial charge in [0.25, 0.3) is 0 Å². The molecule has 1 heterocycles. The number of rotatable bonds is 4. The predicted molar refractivity (Wildman–Crippen MR) is 84.1 cm³/mol. The molecule has 2 atom stereocenters. The third-order valence-corrected chi connectivity index (χ3v) is 4.37. The first-order valence-corrected chi connectivity index (χ1v) is 7.96. The van der Waals surface area contributed by atoms with Gasteiger partial charge in [0.15, 0.2) is 5.96 Å². The maximum Gasteiger partial charge on any atom is 0.193 e. The van der Waals surface area contributed by atoms with Crippen molar-refractivity contribution in [3.8, 4) is 0 Å². The van der Waals surface area contributed by atoms with Gasteiger partial charge in [-0.2, -0.15) is 0 Å². The van der Waals surface area contributed by atoms with E-state index in [4.69, 9.17) is 4.99 Å². The van der Waals surface area contributed by atoms with Gasteiger partial charge in [0.2, 0.25) is 0 Å². The fourth-order valence-electron chi connectivity index (χ4n) is 3.12. The number of nitrogens with zero attached hydrogens (tertiary/aromatic N) is 2. The largest absolute Gasteiger partial charge is 0.357 e. The number of aliphatic imine (C=N–C) groups is 1. The Bertz CT molecular complexity index is 449. The Morgan fingerprint density at radius 1 is 1.25 bits per heavy atom. The predicted octanol–water partition coefficient (Wildman–Crippen LogP) is 2.85. The number of likely N-dealkylation sites (tertiary alicyclic amines) is 1. The molecule has 2 unspecified atom stereocenters. The summed E-state index contributed by atoms with van der Waals surface area (Å²) in [6, 6.07) is 10.9. The highest BCUT2D eigenvalue weighted by Crippen LogP contribution is 2.47. The fraction of sp³-hybridized carbons (Fsp3) is 0.588. The monoisotopic (exact) mass is 271 g/mol. The molecule has 20 heavy (non-hydrogen) atoms. The van der Waals surface area contributed by atoms with Crippen LogP contribution in [-0.2, 0) is 0 Å². The van der Waals surface area contributed by atoms with Crippen LogP contribution < -0.4 is 5.32 Å². The summed E-state index contributed by atoms with van der Waals surface area (Å²) in [5, 5.41) is 3.44. The van der Waals surface area contributed by atoms with E-state index in [2.05, 4.69) is 47.5 Å². The molecule has 0 amide bonds. The van der Waals surface area contributed by atoms with Gasteiger partial charge < -0.3 is 10.2 Å². The van der Waals surface area contributed by atoms with Crippen LogP contribution in [0.5, 0.6) is 0 Å². The average molecular weight is 271 g/mol. The maximum absolute atomic E-state index is 4.86. The molecule has 3 rings (SSSR count). The van der Waals surface area contributed by atoms with Crippen LogP contribution in [0.25, 0.3) is 0 Å². The Kier molecular flexibility index (Phi) is 4.24. The summed E-state index contributed by atoms with van der Waals surface area (Å²) in [7, 11) is 0. The van der Waals surface area contributed by atoms with Gasteiger partial charge in [0, 0.05) is 26.2 Å². The van der Waals surface area contributed by atoms with Crippen molar-refractivity contribution in [1.29, 1.82) is 0 Å². The van der Waals surface area contributed by atoms with Gasteiger partial charge in [-0.3, -0.25) is 4.99 Å². The Morgan fingerprint density at radius 3 is 2.70 bits per heavy atom. The lowest BCUT2D eigenvalue weighted by Crippen LogP contribution is -2.39. The topological polar surface area (TPSA) is 27.6 Å². The second kappa shape index (κ2) is 6.29. The minimum absolute atomic E-state index is 0.737. The zero-order chi connectivity index (χ0) is 13.8. The molecule has 2 fully saturated rings. The van der Waals surface area contributed by atoms with Crippen molar-refractivity contribution >= 4 is 5.96 Å². The van der Waals surface area contributed by atoms with Crippen LogP contribution in [0.2, 0.25) is 0 Å². The van der Waals surface area contributed by atoms with Crippen LogP contribution in [-0.4, -0.2) is 37.0 Å². The lowest BCUT2D eigenvalue weighted by Gasteiger charge is -2.20. The minimum Gasteiger partial charge on any atom is -0.357 e. The highest BCUT2D eigenvalue weighted by molar-refractivity contribution is 5.80. The molecular weight excluding hydrogens is 246 g/mol. The van der Waals surface area contributed by atoms with Crippen molar-refractivity contribution in [2.24, 2.45) is 10.9 Å². The summed E-state index contributed by atoms with van der Waals surface area (Å²) in [5.41, 5.74) is 1.49. The van der Waals surface area contributed by atoms with Crippen LogP contribution in [0.3, 0.4) is 0 Å². The second-order valence-electron chi connectivity index (χ2n) is 5.90.